The van der Waals surface area contributed by atoms with Crippen LogP contribution >= 0.6 is 0 Å². The lowest BCUT2D eigenvalue weighted by atomic mass is 9.87. The lowest BCUT2D eigenvalue weighted by Crippen LogP contribution is -2.13. The zero-order chi connectivity index (χ0) is 22.4. The topological polar surface area (TPSA) is 64.8 Å². The summed E-state index contributed by atoms with van der Waals surface area (Å²) in [5.41, 5.74) is 3.00. The lowest BCUT2D eigenvalue weighted by Gasteiger charge is -2.19. The second kappa shape index (κ2) is 7.57. The fraction of sp³-hybridized carbons (Fsp3) is 0.250. The minimum atomic E-state index is -3.60. The molecular formula is C24H24FN3O2S. The van der Waals surface area contributed by atoms with E-state index in [0.29, 0.717) is 22.5 Å². The lowest BCUT2D eigenvalue weighted by molar-refractivity contribution is 0.585. The first-order chi connectivity index (χ1) is 14.6. The van der Waals surface area contributed by atoms with E-state index in [1.807, 2.05) is 12.1 Å². The van der Waals surface area contributed by atoms with Crippen molar-refractivity contribution >= 4 is 20.7 Å². The van der Waals surface area contributed by atoms with E-state index in [2.05, 4.69) is 30.9 Å². The third-order valence-electron chi connectivity index (χ3n) is 5.25. The Kier molecular flexibility index (Phi) is 5.17. The van der Waals surface area contributed by atoms with E-state index in [-0.39, 0.29) is 21.6 Å². The molecule has 0 saturated carbocycles. The summed E-state index contributed by atoms with van der Waals surface area (Å²) in [6.07, 6.45) is 1.50. The van der Waals surface area contributed by atoms with Crippen LogP contribution in [0.15, 0.2) is 65.7 Å². The van der Waals surface area contributed by atoms with Gasteiger partial charge in [0.25, 0.3) is 0 Å². The molecule has 0 N–H and O–H groups in total. The van der Waals surface area contributed by atoms with Crippen molar-refractivity contribution in [3.8, 4) is 5.69 Å². The number of halogens is 1. The molecule has 0 fully saturated rings. The first-order valence-corrected chi connectivity index (χ1v) is 11.6. The van der Waals surface area contributed by atoms with Gasteiger partial charge < -0.3 is 0 Å². The predicted molar refractivity (Wildman–Crippen MR) is 120 cm³/mol. The summed E-state index contributed by atoms with van der Waals surface area (Å²) in [6, 6.07) is 15.2. The Morgan fingerprint density at radius 3 is 2.42 bits per heavy atom. The average Bonchev–Trinajstić information content (AvgIpc) is 3.06. The predicted octanol–water partition coefficient (Wildman–Crippen LogP) is 5.14. The smallest absolute Gasteiger partial charge is 0.184 e. The standard InChI is InChI=1S/C24H24FN3O2S/c1-16-14-18(15-31(29,30)19-10-8-17(9-11-19)24(2,3)4)28(27-16)22-12-13-26-23-20(22)6-5-7-21(23)25/h5-14H,15H2,1-4H3. The Morgan fingerprint density at radius 2 is 1.74 bits per heavy atom. The first kappa shape index (κ1) is 21.2. The van der Waals surface area contributed by atoms with Crippen LogP contribution in [-0.4, -0.2) is 23.2 Å². The SMILES string of the molecule is Cc1cc(CS(=O)(=O)c2ccc(C(C)(C)C)cc2)n(-c2ccnc3c(F)cccc23)n1. The van der Waals surface area contributed by atoms with Gasteiger partial charge in [0.05, 0.1) is 27.7 Å². The summed E-state index contributed by atoms with van der Waals surface area (Å²) >= 11 is 0. The highest BCUT2D eigenvalue weighted by Crippen LogP contribution is 2.27. The van der Waals surface area contributed by atoms with Gasteiger partial charge in [0.15, 0.2) is 9.84 Å². The van der Waals surface area contributed by atoms with Gasteiger partial charge in [-0.1, -0.05) is 45.0 Å². The van der Waals surface area contributed by atoms with Gasteiger partial charge in [0.2, 0.25) is 0 Å². The number of pyridine rings is 1. The summed E-state index contributed by atoms with van der Waals surface area (Å²) in [4.78, 5) is 4.38. The molecule has 0 bridgehead atoms. The monoisotopic (exact) mass is 437 g/mol. The Morgan fingerprint density at radius 1 is 1.03 bits per heavy atom. The van der Waals surface area contributed by atoms with Crippen molar-refractivity contribution < 1.29 is 12.8 Å². The third-order valence-corrected chi connectivity index (χ3v) is 6.92. The van der Waals surface area contributed by atoms with Crippen LogP contribution in [0.5, 0.6) is 0 Å². The maximum absolute atomic E-state index is 14.2. The molecule has 0 spiro atoms. The van der Waals surface area contributed by atoms with E-state index < -0.39 is 15.7 Å². The highest BCUT2D eigenvalue weighted by atomic mass is 32.2. The molecule has 160 valence electrons. The number of benzene rings is 2. The molecule has 0 radical (unpaired) electrons. The van der Waals surface area contributed by atoms with Crippen LogP contribution in [0.2, 0.25) is 0 Å². The number of aromatic nitrogens is 3. The van der Waals surface area contributed by atoms with Crippen LogP contribution in [0, 0.1) is 12.7 Å². The first-order valence-electron chi connectivity index (χ1n) is 9.99. The van der Waals surface area contributed by atoms with Gasteiger partial charge >= 0.3 is 0 Å². The summed E-state index contributed by atoms with van der Waals surface area (Å²) < 4.78 is 42.1. The van der Waals surface area contributed by atoms with Crippen molar-refractivity contribution in [1.82, 2.24) is 14.8 Å². The molecule has 7 heteroatoms. The van der Waals surface area contributed by atoms with E-state index in [1.54, 1.807) is 48.0 Å². The van der Waals surface area contributed by atoms with Crippen molar-refractivity contribution in [2.45, 2.75) is 43.8 Å². The normalized spacial score (nSPS) is 12.4. The van der Waals surface area contributed by atoms with Crippen LogP contribution in [0.3, 0.4) is 0 Å². The second-order valence-corrected chi connectivity index (χ2v) is 10.7. The van der Waals surface area contributed by atoms with Crippen LogP contribution < -0.4 is 0 Å². The van der Waals surface area contributed by atoms with E-state index in [1.165, 1.54) is 12.3 Å². The number of hydrogen-bond donors (Lipinski definition) is 0. The maximum atomic E-state index is 14.2. The van der Waals surface area contributed by atoms with Gasteiger partial charge in [-0.25, -0.2) is 17.5 Å². The Bertz CT molecular complexity index is 1370. The van der Waals surface area contributed by atoms with Crippen molar-refractivity contribution in [3.63, 3.8) is 0 Å². The van der Waals surface area contributed by atoms with Crippen molar-refractivity contribution in [2.75, 3.05) is 0 Å². The third kappa shape index (κ3) is 4.10. The molecule has 0 aliphatic rings. The highest BCUT2D eigenvalue weighted by Gasteiger charge is 2.22. The largest absolute Gasteiger partial charge is 0.253 e. The average molecular weight is 438 g/mol. The molecule has 2 aromatic heterocycles. The zero-order valence-electron chi connectivity index (χ0n) is 17.9. The molecule has 2 aromatic carbocycles. The fourth-order valence-electron chi connectivity index (χ4n) is 3.61. The minimum absolute atomic E-state index is 0.0598. The van der Waals surface area contributed by atoms with Crippen LogP contribution in [0.1, 0.15) is 37.7 Å². The minimum Gasteiger partial charge on any atom is -0.253 e. The number of hydrogen-bond acceptors (Lipinski definition) is 4. The molecule has 0 atom stereocenters. The quantitative estimate of drug-likeness (QED) is 0.443. The molecule has 2 heterocycles. The summed E-state index contributed by atoms with van der Waals surface area (Å²) in [7, 11) is -3.60. The summed E-state index contributed by atoms with van der Waals surface area (Å²) in [5, 5.41) is 5.06. The van der Waals surface area contributed by atoms with Gasteiger partial charge in [-0.3, -0.25) is 4.98 Å². The van der Waals surface area contributed by atoms with Crippen LogP contribution in [0.25, 0.3) is 16.6 Å². The summed E-state index contributed by atoms with van der Waals surface area (Å²) in [6.45, 7) is 8.05. The zero-order valence-corrected chi connectivity index (χ0v) is 18.7. The fourth-order valence-corrected chi connectivity index (χ4v) is 4.93. The number of rotatable bonds is 4. The van der Waals surface area contributed by atoms with E-state index in [4.69, 9.17) is 0 Å². The molecule has 0 amide bonds. The Labute approximate surface area is 181 Å². The van der Waals surface area contributed by atoms with Crippen LogP contribution in [0.4, 0.5) is 4.39 Å². The van der Waals surface area contributed by atoms with Crippen molar-refractivity contribution in [1.29, 1.82) is 0 Å². The molecular weight excluding hydrogens is 413 g/mol. The van der Waals surface area contributed by atoms with Gasteiger partial charge in [0.1, 0.15) is 11.3 Å². The van der Waals surface area contributed by atoms with E-state index in [0.717, 1.165) is 5.56 Å². The molecule has 0 aliphatic heterocycles. The highest BCUT2D eigenvalue weighted by molar-refractivity contribution is 7.90. The Balaban J connectivity index is 1.76. The number of nitrogens with zero attached hydrogens (tertiary/aromatic N) is 3. The number of aryl methyl sites for hydroxylation is 1. The number of sulfone groups is 1. The van der Waals surface area contributed by atoms with Gasteiger partial charge in [0, 0.05) is 11.6 Å². The molecule has 0 aliphatic carbocycles. The molecule has 4 rings (SSSR count). The molecule has 0 saturated heterocycles. The molecule has 4 aromatic rings. The molecule has 31 heavy (non-hydrogen) atoms. The molecule has 0 unspecified atom stereocenters. The van der Waals surface area contributed by atoms with Crippen LogP contribution in [-0.2, 0) is 21.0 Å². The number of para-hydroxylation sites is 1. The van der Waals surface area contributed by atoms with Crippen molar-refractivity contribution in [3.05, 3.63) is 83.6 Å². The summed E-state index contributed by atoms with van der Waals surface area (Å²) in [5.74, 6) is -0.654. The second-order valence-electron chi connectivity index (χ2n) is 8.69. The van der Waals surface area contributed by atoms with Gasteiger partial charge in [-0.2, -0.15) is 5.10 Å². The van der Waals surface area contributed by atoms with Gasteiger partial charge in [-0.15, -0.1) is 0 Å². The Hall–Kier alpha value is -3.06. The number of fused-ring (bicyclic) bond motifs is 1. The molecule has 5 nitrogen and oxygen atoms in total. The van der Waals surface area contributed by atoms with Gasteiger partial charge in [-0.05, 0) is 48.2 Å². The van der Waals surface area contributed by atoms with Crippen molar-refractivity contribution in [2.24, 2.45) is 0 Å². The van der Waals surface area contributed by atoms with E-state index in [9.17, 15) is 12.8 Å². The maximum Gasteiger partial charge on any atom is 0.184 e. The van der Waals surface area contributed by atoms with E-state index >= 15 is 0 Å².